The largest absolute Gasteiger partial charge is 0.488 e. The number of amides is 1. The number of nitrogens with one attached hydrogen (secondary N) is 1. The number of rotatable bonds is 6. The zero-order valence-electron chi connectivity index (χ0n) is 12.0. The summed E-state index contributed by atoms with van der Waals surface area (Å²) in [5, 5.41) is 2.94. The highest BCUT2D eigenvalue weighted by Gasteiger charge is 2.28. The molecule has 116 valence electrons. The van der Waals surface area contributed by atoms with Crippen molar-refractivity contribution in [3.8, 4) is 5.75 Å². The zero-order valence-corrected chi connectivity index (χ0v) is 12.8. The van der Waals surface area contributed by atoms with Crippen LogP contribution in [-0.2, 0) is 9.53 Å². The fourth-order valence-corrected chi connectivity index (χ4v) is 2.63. The maximum absolute atomic E-state index is 13.2. The van der Waals surface area contributed by atoms with E-state index >= 15 is 0 Å². The summed E-state index contributed by atoms with van der Waals surface area (Å²) in [6, 6.07) is 5.84. The first kappa shape index (κ1) is 16.1. The zero-order chi connectivity index (χ0) is 15.1. The van der Waals surface area contributed by atoms with Crippen LogP contribution < -0.4 is 10.1 Å². The normalized spacial score (nSPS) is 21.8. The van der Waals surface area contributed by atoms with E-state index in [2.05, 4.69) is 5.32 Å². The Bertz CT molecular complexity index is 472. The first-order chi connectivity index (χ1) is 10.2. The highest BCUT2D eigenvalue weighted by Crippen LogP contribution is 2.19. The number of hydrogen-bond donors (Lipinski definition) is 1. The molecule has 1 saturated heterocycles. The number of benzene rings is 1. The van der Waals surface area contributed by atoms with Crippen molar-refractivity contribution in [2.75, 3.05) is 24.7 Å². The van der Waals surface area contributed by atoms with Crippen molar-refractivity contribution in [3.63, 3.8) is 0 Å². The van der Waals surface area contributed by atoms with Crippen LogP contribution in [0.15, 0.2) is 24.3 Å². The van der Waals surface area contributed by atoms with Crippen LogP contribution in [0.25, 0.3) is 0 Å². The predicted molar refractivity (Wildman–Crippen MR) is 81.2 cm³/mol. The van der Waals surface area contributed by atoms with Crippen LogP contribution in [0.4, 0.5) is 4.39 Å². The van der Waals surface area contributed by atoms with E-state index in [1.165, 1.54) is 12.1 Å². The van der Waals surface area contributed by atoms with Gasteiger partial charge in [-0.05, 0) is 17.9 Å². The molecule has 4 nitrogen and oxygen atoms in total. The van der Waals surface area contributed by atoms with E-state index in [4.69, 9.17) is 9.47 Å². The monoisotopic (exact) mass is 313 g/mol. The van der Waals surface area contributed by atoms with Crippen LogP contribution in [0.5, 0.6) is 5.75 Å². The van der Waals surface area contributed by atoms with E-state index in [-0.39, 0.29) is 23.9 Å². The second-order valence-corrected chi connectivity index (χ2v) is 6.06. The number of halogens is 1. The van der Waals surface area contributed by atoms with Crippen LogP contribution in [0.1, 0.15) is 13.3 Å². The molecule has 1 aromatic carbocycles. The summed E-state index contributed by atoms with van der Waals surface area (Å²) in [7, 11) is 0. The molecule has 0 radical (unpaired) electrons. The summed E-state index contributed by atoms with van der Waals surface area (Å²) in [6.07, 6.45) is 0.471. The van der Waals surface area contributed by atoms with Crippen LogP contribution in [-0.4, -0.2) is 42.8 Å². The smallest absolute Gasteiger partial charge is 0.230 e. The number of hydrogen-bond acceptors (Lipinski definition) is 4. The second-order valence-electron chi connectivity index (χ2n) is 4.79. The van der Waals surface area contributed by atoms with Crippen LogP contribution in [0.2, 0.25) is 0 Å². The topological polar surface area (TPSA) is 47.6 Å². The van der Waals surface area contributed by atoms with Crippen molar-refractivity contribution in [1.29, 1.82) is 0 Å². The molecule has 1 amide bonds. The Labute approximate surface area is 128 Å². The highest BCUT2D eigenvalue weighted by molar-refractivity contribution is 7.99. The molecule has 1 heterocycles. The molecular weight excluding hydrogens is 293 g/mol. The van der Waals surface area contributed by atoms with Gasteiger partial charge in [0, 0.05) is 12.5 Å². The fourth-order valence-electron chi connectivity index (χ4n) is 2.15. The number of carbonyl (C=O) groups is 1. The molecule has 0 bridgehead atoms. The first-order valence-corrected chi connectivity index (χ1v) is 8.21. The highest BCUT2D eigenvalue weighted by atomic mass is 32.2. The van der Waals surface area contributed by atoms with Gasteiger partial charge >= 0.3 is 0 Å². The summed E-state index contributed by atoms with van der Waals surface area (Å²) in [4.78, 5) is 11.8. The standard InChI is InChI=1S/C15H20FNO3S/c1-2-21-10-15(18)17-13-9-19-7-6-14(13)20-12-5-3-4-11(16)8-12/h3-5,8,13-14H,2,6-7,9-10H2,1H3,(H,17,18)/t13-,14+/m1/s1. The fraction of sp³-hybridized carbons (Fsp3) is 0.533. The van der Waals surface area contributed by atoms with Crippen molar-refractivity contribution in [1.82, 2.24) is 5.32 Å². The molecule has 0 aromatic heterocycles. The molecule has 0 spiro atoms. The lowest BCUT2D eigenvalue weighted by molar-refractivity contribution is -0.121. The maximum Gasteiger partial charge on any atom is 0.230 e. The van der Waals surface area contributed by atoms with Crippen molar-refractivity contribution in [2.45, 2.75) is 25.5 Å². The van der Waals surface area contributed by atoms with E-state index in [9.17, 15) is 9.18 Å². The lowest BCUT2D eigenvalue weighted by Crippen LogP contribution is -2.52. The molecule has 1 aliphatic heterocycles. The minimum atomic E-state index is -0.334. The number of carbonyl (C=O) groups excluding carboxylic acids is 1. The minimum absolute atomic E-state index is 0.0230. The van der Waals surface area contributed by atoms with Crippen molar-refractivity contribution in [2.24, 2.45) is 0 Å². The third kappa shape index (κ3) is 5.21. The Morgan fingerprint density at radius 3 is 3.19 bits per heavy atom. The van der Waals surface area contributed by atoms with E-state index in [0.29, 0.717) is 31.1 Å². The molecule has 1 N–H and O–H groups in total. The Hall–Kier alpha value is -1.27. The van der Waals surface area contributed by atoms with Gasteiger partial charge in [-0.1, -0.05) is 13.0 Å². The Balaban J connectivity index is 1.93. The van der Waals surface area contributed by atoms with Gasteiger partial charge in [0.2, 0.25) is 5.91 Å². The van der Waals surface area contributed by atoms with E-state index in [0.717, 1.165) is 5.75 Å². The average Bonchev–Trinajstić information content (AvgIpc) is 2.47. The second kappa shape index (κ2) is 8.24. The maximum atomic E-state index is 13.2. The minimum Gasteiger partial charge on any atom is -0.488 e. The molecule has 1 aliphatic rings. The van der Waals surface area contributed by atoms with Crippen LogP contribution in [0, 0.1) is 5.82 Å². The Kier molecular flexibility index (Phi) is 6.32. The Morgan fingerprint density at radius 1 is 1.57 bits per heavy atom. The summed E-state index contributed by atoms with van der Waals surface area (Å²) < 4.78 is 24.4. The quantitative estimate of drug-likeness (QED) is 0.875. The molecule has 0 unspecified atom stereocenters. The average molecular weight is 313 g/mol. The molecule has 1 fully saturated rings. The van der Waals surface area contributed by atoms with Crippen molar-refractivity contribution >= 4 is 17.7 Å². The number of ether oxygens (including phenoxy) is 2. The molecular formula is C15H20FNO3S. The van der Waals surface area contributed by atoms with Gasteiger partial charge in [-0.2, -0.15) is 11.8 Å². The van der Waals surface area contributed by atoms with E-state index in [1.54, 1.807) is 23.9 Å². The van der Waals surface area contributed by atoms with Crippen molar-refractivity contribution < 1.29 is 18.7 Å². The molecule has 2 rings (SSSR count). The first-order valence-electron chi connectivity index (χ1n) is 7.06. The third-order valence-electron chi connectivity index (χ3n) is 3.16. The summed E-state index contributed by atoms with van der Waals surface area (Å²) in [5.74, 6) is 1.45. The lowest BCUT2D eigenvalue weighted by atomic mass is 10.1. The van der Waals surface area contributed by atoms with Gasteiger partial charge < -0.3 is 14.8 Å². The Morgan fingerprint density at radius 2 is 2.43 bits per heavy atom. The SMILES string of the molecule is CCSCC(=O)N[C@@H]1COCC[C@@H]1Oc1cccc(F)c1. The molecule has 2 atom stereocenters. The predicted octanol–water partition coefficient (Wildman–Crippen LogP) is 2.23. The van der Waals surface area contributed by atoms with Crippen LogP contribution in [0.3, 0.4) is 0 Å². The van der Waals surface area contributed by atoms with Gasteiger partial charge in [0.05, 0.1) is 25.0 Å². The third-order valence-corrected chi connectivity index (χ3v) is 4.03. The summed E-state index contributed by atoms with van der Waals surface area (Å²) in [5.41, 5.74) is 0. The molecule has 6 heteroatoms. The lowest BCUT2D eigenvalue weighted by Gasteiger charge is -2.32. The van der Waals surface area contributed by atoms with Gasteiger partial charge in [0.1, 0.15) is 17.7 Å². The van der Waals surface area contributed by atoms with Gasteiger partial charge in [0.15, 0.2) is 0 Å². The molecule has 21 heavy (non-hydrogen) atoms. The molecule has 1 aromatic rings. The van der Waals surface area contributed by atoms with Gasteiger partial charge in [-0.15, -0.1) is 0 Å². The van der Waals surface area contributed by atoms with E-state index < -0.39 is 0 Å². The number of thioether (sulfide) groups is 1. The van der Waals surface area contributed by atoms with Gasteiger partial charge in [0.25, 0.3) is 0 Å². The van der Waals surface area contributed by atoms with Crippen LogP contribution >= 0.6 is 11.8 Å². The molecule has 0 aliphatic carbocycles. The van der Waals surface area contributed by atoms with Crippen molar-refractivity contribution in [3.05, 3.63) is 30.1 Å². The summed E-state index contributed by atoms with van der Waals surface area (Å²) in [6.45, 7) is 3.01. The van der Waals surface area contributed by atoms with Gasteiger partial charge in [-0.25, -0.2) is 4.39 Å². The van der Waals surface area contributed by atoms with E-state index in [1.807, 2.05) is 6.92 Å². The summed E-state index contributed by atoms with van der Waals surface area (Å²) >= 11 is 1.57. The molecule has 0 saturated carbocycles. The van der Waals surface area contributed by atoms with Gasteiger partial charge in [-0.3, -0.25) is 4.79 Å².